The highest BCUT2D eigenvalue weighted by atomic mass is 32.1. The van der Waals surface area contributed by atoms with Gasteiger partial charge in [-0.05, 0) is 18.8 Å². The summed E-state index contributed by atoms with van der Waals surface area (Å²) in [6.45, 7) is 4.20. The smallest absolute Gasteiger partial charge is 0.220 e. The van der Waals surface area contributed by atoms with Crippen molar-refractivity contribution in [3.63, 3.8) is 0 Å². The first-order chi connectivity index (χ1) is 7.54. The summed E-state index contributed by atoms with van der Waals surface area (Å²) in [7, 11) is 0. The third-order valence-electron chi connectivity index (χ3n) is 3.46. The van der Waals surface area contributed by atoms with Crippen molar-refractivity contribution in [2.75, 3.05) is 0 Å². The Kier molecular flexibility index (Phi) is 5.19. The zero-order valence-corrected chi connectivity index (χ0v) is 11.0. The Balaban J connectivity index is 2.41. The summed E-state index contributed by atoms with van der Waals surface area (Å²) < 4.78 is 0. The van der Waals surface area contributed by atoms with E-state index in [1.54, 1.807) is 0 Å². The summed E-state index contributed by atoms with van der Waals surface area (Å²) in [5.41, 5.74) is 5.67. The quantitative estimate of drug-likeness (QED) is 0.725. The number of hydrogen-bond donors (Lipinski definition) is 2. The van der Waals surface area contributed by atoms with Crippen molar-refractivity contribution in [1.29, 1.82) is 0 Å². The molecule has 0 aromatic carbocycles. The van der Waals surface area contributed by atoms with Gasteiger partial charge in [0.15, 0.2) is 0 Å². The van der Waals surface area contributed by atoms with Crippen LogP contribution in [-0.2, 0) is 4.79 Å². The predicted molar refractivity (Wildman–Crippen MR) is 70.1 cm³/mol. The number of thiocarbonyl (C=S) groups is 1. The zero-order chi connectivity index (χ0) is 12.1. The maximum Gasteiger partial charge on any atom is 0.220 e. The normalized spacial score (nSPS) is 26.4. The van der Waals surface area contributed by atoms with Gasteiger partial charge in [0, 0.05) is 18.4 Å². The van der Waals surface area contributed by atoms with Crippen LogP contribution in [0.1, 0.15) is 46.0 Å². The van der Waals surface area contributed by atoms with Gasteiger partial charge in [-0.1, -0.05) is 38.9 Å². The van der Waals surface area contributed by atoms with Crippen molar-refractivity contribution in [2.45, 2.75) is 52.0 Å². The van der Waals surface area contributed by atoms with Crippen LogP contribution in [0.5, 0.6) is 0 Å². The molecule has 3 nitrogen and oxygen atoms in total. The van der Waals surface area contributed by atoms with Gasteiger partial charge in [0.25, 0.3) is 0 Å². The van der Waals surface area contributed by atoms with Crippen LogP contribution in [0.15, 0.2) is 0 Å². The lowest BCUT2D eigenvalue weighted by Gasteiger charge is -2.20. The molecule has 1 rings (SSSR count). The van der Waals surface area contributed by atoms with Gasteiger partial charge in [0.2, 0.25) is 5.91 Å². The molecule has 1 aliphatic carbocycles. The van der Waals surface area contributed by atoms with Crippen molar-refractivity contribution in [3.8, 4) is 0 Å². The molecule has 92 valence electrons. The van der Waals surface area contributed by atoms with Gasteiger partial charge in [-0.25, -0.2) is 0 Å². The van der Waals surface area contributed by atoms with E-state index in [0.717, 1.165) is 25.7 Å². The molecular weight excluding hydrogens is 220 g/mol. The van der Waals surface area contributed by atoms with E-state index in [4.69, 9.17) is 18.0 Å². The van der Waals surface area contributed by atoms with Crippen LogP contribution in [0.25, 0.3) is 0 Å². The van der Waals surface area contributed by atoms with Gasteiger partial charge >= 0.3 is 0 Å². The molecule has 1 aliphatic rings. The van der Waals surface area contributed by atoms with Gasteiger partial charge < -0.3 is 11.1 Å². The maximum absolute atomic E-state index is 11.7. The average molecular weight is 242 g/mol. The Bertz CT molecular complexity index is 268. The molecule has 0 bridgehead atoms. The van der Waals surface area contributed by atoms with Gasteiger partial charge in [-0.2, -0.15) is 0 Å². The van der Waals surface area contributed by atoms with E-state index >= 15 is 0 Å². The lowest BCUT2D eigenvalue weighted by molar-refractivity contribution is -0.122. The minimum absolute atomic E-state index is 0.141. The first kappa shape index (κ1) is 13.4. The fraction of sp³-hybridized carbons (Fsp3) is 0.833. The molecule has 0 heterocycles. The van der Waals surface area contributed by atoms with E-state index in [-0.39, 0.29) is 17.9 Å². The molecule has 0 radical (unpaired) electrons. The van der Waals surface area contributed by atoms with Crippen LogP contribution in [0.3, 0.4) is 0 Å². The fourth-order valence-corrected chi connectivity index (χ4v) is 2.48. The molecule has 0 aromatic rings. The molecule has 0 saturated heterocycles. The number of rotatable bonds is 5. The topological polar surface area (TPSA) is 55.1 Å². The summed E-state index contributed by atoms with van der Waals surface area (Å²) in [5.74, 6) is 0.795. The second-order valence-corrected chi connectivity index (χ2v) is 5.30. The molecule has 0 spiro atoms. The van der Waals surface area contributed by atoms with E-state index in [9.17, 15) is 4.79 Å². The largest absolute Gasteiger partial charge is 0.393 e. The number of nitrogens with two attached hydrogens (primary N) is 1. The minimum atomic E-state index is 0.141. The minimum Gasteiger partial charge on any atom is -0.393 e. The van der Waals surface area contributed by atoms with Crippen molar-refractivity contribution in [2.24, 2.45) is 17.6 Å². The number of nitrogens with one attached hydrogen (secondary N) is 1. The number of hydrogen-bond acceptors (Lipinski definition) is 2. The highest BCUT2D eigenvalue weighted by Crippen LogP contribution is 2.26. The standard InChI is InChI=1S/C12H22N2OS/c1-3-8(2)7-11(15)14-10-6-4-5-9(10)12(13)16/h8-10H,3-7H2,1-2H3,(H2,13,16)(H,14,15). The molecule has 1 fully saturated rings. The van der Waals surface area contributed by atoms with E-state index < -0.39 is 0 Å². The Morgan fingerprint density at radius 3 is 2.81 bits per heavy atom. The van der Waals surface area contributed by atoms with Crippen molar-refractivity contribution in [1.82, 2.24) is 5.32 Å². The Morgan fingerprint density at radius 1 is 1.56 bits per heavy atom. The number of amides is 1. The molecule has 3 atom stereocenters. The number of carbonyl (C=O) groups excluding carboxylic acids is 1. The third kappa shape index (κ3) is 3.74. The molecule has 16 heavy (non-hydrogen) atoms. The third-order valence-corrected chi connectivity index (χ3v) is 3.76. The Morgan fingerprint density at radius 2 is 2.25 bits per heavy atom. The van der Waals surface area contributed by atoms with Crippen molar-refractivity contribution >= 4 is 23.1 Å². The van der Waals surface area contributed by atoms with Crippen LogP contribution in [0.4, 0.5) is 0 Å². The van der Waals surface area contributed by atoms with Crippen LogP contribution >= 0.6 is 12.2 Å². The molecule has 0 aromatic heterocycles. The lowest BCUT2D eigenvalue weighted by Crippen LogP contribution is -2.42. The molecule has 0 aliphatic heterocycles. The van der Waals surface area contributed by atoms with Gasteiger partial charge in [0.1, 0.15) is 0 Å². The average Bonchev–Trinajstić information content (AvgIpc) is 2.65. The second-order valence-electron chi connectivity index (χ2n) is 4.83. The molecular formula is C12H22N2OS. The van der Waals surface area contributed by atoms with Crippen LogP contribution in [0.2, 0.25) is 0 Å². The number of carbonyl (C=O) groups is 1. The van der Waals surface area contributed by atoms with Crippen molar-refractivity contribution in [3.05, 3.63) is 0 Å². The molecule has 4 heteroatoms. The maximum atomic E-state index is 11.7. The molecule has 3 N–H and O–H groups in total. The SMILES string of the molecule is CCC(C)CC(=O)NC1CCCC1C(N)=S. The highest BCUT2D eigenvalue weighted by molar-refractivity contribution is 7.80. The lowest BCUT2D eigenvalue weighted by atomic mass is 10.0. The molecule has 1 saturated carbocycles. The van der Waals surface area contributed by atoms with Gasteiger partial charge in [-0.15, -0.1) is 0 Å². The van der Waals surface area contributed by atoms with Gasteiger partial charge in [0.05, 0.1) is 4.99 Å². The highest BCUT2D eigenvalue weighted by Gasteiger charge is 2.30. The van der Waals surface area contributed by atoms with E-state index in [1.807, 2.05) is 0 Å². The molecule has 3 unspecified atom stereocenters. The summed E-state index contributed by atoms with van der Waals surface area (Å²) >= 11 is 5.02. The van der Waals surface area contributed by atoms with E-state index in [1.165, 1.54) is 0 Å². The fourth-order valence-electron chi connectivity index (χ4n) is 2.20. The van der Waals surface area contributed by atoms with Crippen molar-refractivity contribution < 1.29 is 4.79 Å². The van der Waals surface area contributed by atoms with Crippen LogP contribution in [0, 0.1) is 11.8 Å². The monoisotopic (exact) mass is 242 g/mol. The Hall–Kier alpha value is -0.640. The first-order valence-electron chi connectivity index (χ1n) is 6.13. The van der Waals surface area contributed by atoms with Crippen LogP contribution < -0.4 is 11.1 Å². The van der Waals surface area contributed by atoms with Crippen LogP contribution in [-0.4, -0.2) is 16.9 Å². The second kappa shape index (κ2) is 6.18. The zero-order valence-electron chi connectivity index (χ0n) is 10.2. The first-order valence-corrected chi connectivity index (χ1v) is 6.54. The summed E-state index contributed by atoms with van der Waals surface area (Å²) in [6, 6.07) is 0.175. The van der Waals surface area contributed by atoms with Gasteiger partial charge in [-0.3, -0.25) is 4.79 Å². The molecule has 1 amide bonds. The van der Waals surface area contributed by atoms with E-state index in [0.29, 0.717) is 17.3 Å². The van der Waals surface area contributed by atoms with E-state index in [2.05, 4.69) is 19.2 Å². The predicted octanol–water partition coefficient (Wildman–Crippen LogP) is 1.99. The Labute approximate surface area is 103 Å². The summed E-state index contributed by atoms with van der Waals surface area (Å²) in [6.07, 6.45) is 4.78. The summed E-state index contributed by atoms with van der Waals surface area (Å²) in [4.78, 5) is 12.3. The summed E-state index contributed by atoms with van der Waals surface area (Å²) in [5, 5.41) is 3.07.